The third-order valence-corrected chi connectivity index (χ3v) is 4.41. The normalized spacial score (nSPS) is 16.2. The highest BCUT2D eigenvalue weighted by Gasteiger charge is 2.21. The van der Waals surface area contributed by atoms with Gasteiger partial charge in [0.2, 0.25) is 0 Å². The van der Waals surface area contributed by atoms with Crippen molar-refractivity contribution in [2.75, 3.05) is 18.0 Å². The molecule has 0 bridgehead atoms. The second-order valence-corrected chi connectivity index (χ2v) is 6.76. The lowest BCUT2D eigenvalue weighted by Crippen LogP contribution is -2.30. The molecule has 3 nitrogen and oxygen atoms in total. The van der Waals surface area contributed by atoms with E-state index >= 15 is 0 Å². The van der Waals surface area contributed by atoms with Gasteiger partial charge < -0.3 is 10.2 Å². The molecule has 1 atom stereocenters. The highest BCUT2D eigenvalue weighted by Crippen LogP contribution is 2.25. The summed E-state index contributed by atoms with van der Waals surface area (Å²) in [5.74, 6) is 1.84. The SMILES string of the molecule is CCC(C)CN(CC)c1ncc(Br)cc1CNC1CC1. The van der Waals surface area contributed by atoms with Crippen molar-refractivity contribution in [2.24, 2.45) is 5.92 Å². The molecule has 1 fully saturated rings. The van der Waals surface area contributed by atoms with Gasteiger partial charge in [0, 0.05) is 41.9 Å². The number of aromatic nitrogens is 1. The molecule has 1 saturated carbocycles. The maximum atomic E-state index is 4.67. The summed E-state index contributed by atoms with van der Waals surface area (Å²) in [4.78, 5) is 7.08. The van der Waals surface area contributed by atoms with Gasteiger partial charge in [-0.05, 0) is 47.7 Å². The van der Waals surface area contributed by atoms with Gasteiger partial charge in [0.05, 0.1) is 0 Å². The third kappa shape index (κ3) is 4.45. The molecule has 1 unspecified atom stereocenters. The van der Waals surface area contributed by atoms with E-state index in [0.717, 1.165) is 36.0 Å². The molecule has 0 amide bonds. The van der Waals surface area contributed by atoms with Gasteiger partial charge in [-0.25, -0.2) is 4.98 Å². The first-order valence-electron chi connectivity index (χ1n) is 7.76. The first-order valence-corrected chi connectivity index (χ1v) is 8.56. The summed E-state index contributed by atoms with van der Waals surface area (Å²) in [6.07, 6.45) is 5.76. The van der Waals surface area contributed by atoms with E-state index < -0.39 is 0 Å². The average molecular weight is 340 g/mol. The van der Waals surface area contributed by atoms with E-state index in [1.54, 1.807) is 0 Å². The number of anilines is 1. The molecule has 1 heterocycles. The molecule has 1 N–H and O–H groups in total. The lowest BCUT2D eigenvalue weighted by molar-refractivity contribution is 0.543. The van der Waals surface area contributed by atoms with Crippen LogP contribution in [0.25, 0.3) is 0 Å². The fourth-order valence-electron chi connectivity index (χ4n) is 2.30. The Hall–Kier alpha value is -0.610. The van der Waals surface area contributed by atoms with Crippen molar-refractivity contribution >= 4 is 21.7 Å². The van der Waals surface area contributed by atoms with Crippen LogP contribution in [0.3, 0.4) is 0 Å². The zero-order chi connectivity index (χ0) is 14.5. The molecular formula is C16H26BrN3. The minimum absolute atomic E-state index is 0.699. The molecule has 1 aromatic rings. The minimum atomic E-state index is 0.699. The van der Waals surface area contributed by atoms with Crippen LogP contribution in [0, 0.1) is 5.92 Å². The maximum absolute atomic E-state index is 4.67. The molecule has 1 aromatic heterocycles. The first kappa shape index (κ1) is 15.8. The number of halogens is 1. The van der Waals surface area contributed by atoms with Crippen LogP contribution in [0.15, 0.2) is 16.7 Å². The standard InChI is InChI=1S/C16H26BrN3/c1-4-12(3)11-20(5-2)16-13(8-14(17)10-19-16)9-18-15-6-7-15/h8,10,12,15,18H,4-7,9,11H2,1-3H3. The van der Waals surface area contributed by atoms with E-state index in [4.69, 9.17) is 0 Å². The van der Waals surface area contributed by atoms with Crippen molar-refractivity contribution in [1.29, 1.82) is 0 Å². The fraction of sp³-hybridized carbons (Fsp3) is 0.688. The van der Waals surface area contributed by atoms with Crippen LogP contribution in [0.4, 0.5) is 5.82 Å². The first-order chi connectivity index (χ1) is 9.63. The smallest absolute Gasteiger partial charge is 0.133 e. The quantitative estimate of drug-likeness (QED) is 0.776. The number of nitrogens with zero attached hydrogens (tertiary/aromatic N) is 2. The summed E-state index contributed by atoms with van der Waals surface area (Å²) in [7, 11) is 0. The highest BCUT2D eigenvalue weighted by molar-refractivity contribution is 9.10. The van der Waals surface area contributed by atoms with Crippen LogP contribution in [-0.4, -0.2) is 24.1 Å². The Morgan fingerprint density at radius 1 is 1.45 bits per heavy atom. The number of hydrogen-bond donors (Lipinski definition) is 1. The molecule has 0 saturated heterocycles. The zero-order valence-electron chi connectivity index (χ0n) is 12.8. The largest absolute Gasteiger partial charge is 0.356 e. The molecule has 0 aromatic carbocycles. The number of hydrogen-bond acceptors (Lipinski definition) is 3. The van der Waals surface area contributed by atoms with Crippen molar-refractivity contribution in [3.63, 3.8) is 0 Å². The van der Waals surface area contributed by atoms with Crippen molar-refractivity contribution in [3.8, 4) is 0 Å². The van der Waals surface area contributed by atoms with Crippen molar-refractivity contribution in [1.82, 2.24) is 10.3 Å². The van der Waals surface area contributed by atoms with E-state index in [1.807, 2.05) is 6.20 Å². The molecule has 1 aliphatic carbocycles. The second-order valence-electron chi connectivity index (χ2n) is 5.84. The summed E-state index contributed by atoms with van der Waals surface area (Å²) in [6, 6.07) is 2.93. The molecule has 0 radical (unpaired) electrons. The monoisotopic (exact) mass is 339 g/mol. The summed E-state index contributed by atoms with van der Waals surface area (Å²) >= 11 is 3.55. The number of nitrogens with one attached hydrogen (secondary N) is 1. The summed E-state index contributed by atoms with van der Waals surface area (Å²) in [5.41, 5.74) is 1.30. The Balaban J connectivity index is 2.13. The number of pyridine rings is 1. The van der Waals surface area contributed by atoms with Gasteiger partial charge in [0.1, 0.15) is 5.82 Å². The number of rotatable bonds is 8. The van der Waals surface area contributed by atoms with Crippen LogP contribution < -0.4 is 10.2 Å². The van der Waals surface area contributed by atoms with Crippen molar-refractivity contribution < 1.29 is 0 Å². The summed E-state index contributed by atoms with van der Waals surface area (Å²) < 4.78 is 1.06. The molecular weight excluding hydrogens is 314 g/mol. The molecule has 1 aliphatic rings. The molecule has 0 spiro atoms. The maximum Gasteiger partial charge on any atom is 0.133 e. The van der Waals surface area contributed by atoms with Gasteiger partial charge in [-0.1, -0.05) is 20.3 Å². The molecule has 20 heavy (non-hydrogen) atoms. The predicted molar refractivity (Wildman–Crippen MR) is 89.1 cm³/mol. The van der Waals surface area contributed by atoms with E-state index in [0.29, 0.717) is 5.92 Å². The minimum Gasteiger partial charge on any atom is -0.356 e. The highest BCUT2D eigenvalue weighted by atomic mass is 79.9. The second kappa shape index (κ2) is 7.41. The van der Waals surface area contributed by atoms with Crippen LogP contribution >= 0.6 is 15.9 Å². The van der Waals surface area contributed by atoms with Crippen LogP contribution in [0.5, 0.6) is 0 Å². The Kier molecular flexibility index (Phi) is 5.85. The Bertz CT molecular complexity index is 432. The Labute approximate surface area is 131 Å². The van der Waals surface area contributed by atoms with Gasteiger partial charge in [0.15, 0.2) is 0 Å². The molecule has 112 valence electrons. The van der Waals surface area contributed by atoms with Gasteiger partial charge in [-0.3, -0.25) is 0 Å². The van der Waals surface area contributed by atoms with Crippen LogP contribution in [0.1, 0.15) is 45.6 Å². The van der Waals surface area contributed by atoms with E-state index in [9.17, 15) is 0 Å². The Morgan fingerprint density at radius 3 is 2.80 bits per heavy atom. The molecule has 0 aliphatic heterocycles. The third-order valence-electron chi connectivity index (χ3n) is 3.98. The lowest BCUT2D eigenvalue weighted by atomic mass is 10.1. The van der Waals surface area contributed by atoms with Gasteiger partial charge in [-0.2, -0.15) is 0 Å². The van der Waals surface area contributed by atoms with E-state index in [-0.39, 0.29) is 0 Å². The van der Waals surface area contributed by atoms with Gasteiger partial charge >= 0.3 is 0 Å². The van der Waals surface area contributed by atoms with E-state index in [1.165, 1.54) is 24.8 Å². The predicted octanol–water partition coefficient (Wildman–Crippen LogP) is 3.97. The zero-order valence-corrected chi connectivity index (χ0v) is 14.4. The van der Waals surface area contributed by atoms with Gasteiger partial charge in [0.25, 0.3) is 0 Å². The van der Waals surface area contributed by atoms with Crippen molar-refractivity contribution in [3.05, 3.63) is 22.3 Å². The average Bonchev–Trinajstić information content (AvgIpc) is 3.27. The summed E-state index contributed by atoms with van der Waals surface area (Å²) in [6.45, 7) is 9.79. The van der Waals surface area contributed by atoms with Crippen LogP contribution in [0.2, 0.25) is 0 Å². The van der Waals surface area contributed by atoms with Crippen molar-refractivity contribution in [2.45, 2.75) is 52.6 Å². The Morgan fingerprint density at radius 2 is 2.20 bits per heavy atom. The summed E-state index contributed by atoms with van der Waals surface area (Å²) in [5, 5.41) is 3.60. The van der Waals surface area contributed by atoms with Gasteiger partial charge in [-0.15, -0.1) is 0 Å². The molecule has 4 heteroatoms. The lowest BCUT2D eigenvalue weighted by Gasteiger charge is -2.27. The van der Waals surface area contributed by atoms with E-state index in [2.05, 4.69) is 58.0 Å². The fourth-order valence-corrected chi connectivity index (χ4v) is 2.68. The topological polar surface area (TPSA) is 28.2 Å². The molecule has 2 rings (SSSR count). The van der Waals surface area contributed by atoms with Crippen LogP contribution in [-0.2, 0) is 6.54 Å².